The molecule has 2 N–H and O–H groups in total. The Kier molecular flexibility index (Phi) is 1.89. The third kappa shape index (κ3) is 1.57. The minimum atomic E-state index is 0.305. The fourth-order valence-electron chi connectivity index (χ4n) is 1.85. The van der Waals surface area contributed by atoms with Crippen molar-refractivity contribution in [1.82, 2.24) is 0 Å². The molecule has 0 bridgehead atoms. The van der Waals surface area contributed by atoms with Crippen LogP contribution in [0.4, 0.5) is 0 Å². The molecule has 1 aliphatic carbocycles. The molecule has 0 saturated heterocycles. The maximum atomic E-state index is 5.79. The third-order valence-electron chi connectivity index (χ3n) is 2.89. The normalized spacial score (nSPS) is 24.1. The first-order valence-electron chi connectivity index (χ1n) is 5.25. The van der Waals surface area contributed by atoms with E-state index in [9.17, 15) is 0 Å². The van der Waals surface area contributed by atoms with Crippen molar-refractivity contribution in [2.75, 3.05) is 0 Å². The summed E-state index contributed by atoms with van der Waals surface area (Å²) in [5.41, 5.74) is 6.91. The van der Waals surface area contributed by atoms with Gasteiger partial charge in [0.1, 0.15) is 11.5 Å². The predicted octanol–water partition coefficient (Wildman–Crippen LogP) is 2.76. The molecule has 0 spiro atoms. The first kappa shape index (κ1) is 8.74. The molecule has 1 heterocycles. The molecule has 0 amide bonds. The number of rotatable bonds is 2. The molecule has 0 unspecified atom stereocenters. The van der Waals surface area contributed by atoms with Crippen molar-refractivity contribution < 1.29 is 4.42 Å². The molecule has 2 atom stereocenters. The Morgan fingerprint density at radius 2 is 1.80 bits per heavy atom. The molecule has 3 rings (SSSR count). The third-order valence-corrected chi connectivity index (χ3v) is 2.89. The maximum Gasteiger partial charge on any atom is 0.134 e. The SMILES string of the molecule is N[C@@H]1C[C@@H]1c1ccc(-c2ccccc2)o1. The second kappa shape index (κ2) is 3.24. The number of benzene rings is 1. The van der Waals surface area contributed by atoms with Crippen molar-refractivity contribution in [2.24, 2.45) is 5.73 Å². The van der Waals surface area contributed by atoms with Gasteiger partial charge in [0.15, 0.2) is 0 Å². The quantitative estimate of drug-likeness (QED) is 0.807. The Bertz CT molecular complexity index is 460. The molecule has 1 fully saturated rings. The number of furan rings is 1. The van der Waals surface area contributed by atoms with Gasteiger partial charge in [-0.3, -0.25) is 0 Å². The van der Waals surface area contributed by atoms with Crippen LogP contribution in [0, 0.1) is 0 Å². The van der Waals surface area contributed by atoms with Gasteiger partial charge in [-0.2, -0.15) is 0 Å². The molecule has 1 aliphatic rings. The highest BCUT2D eigenvalue weighted by Crippen LogP contribution is 2.40. The zero-order valence-electron chi connectivity index (χ0n) is 8.39. The van der Waals surface area contributed by atoms with Crippen LogP contribution in [0.5, 0.6) is 0 Å². The summed E-state index contributed by atoms with van der Waals surface area (Å²) in [7, 11) is 0. The summed E-state index contributed by atoms with van der Waals surface area (Å²) in [6.45, 7) is 0. The van der Waals surface area contributed by atoms with Crippen molar-refractivity contribution in [2.45, 2.75) is 18.4 Å². The van der Waals surface area contributed by atoms with E-state index in [1.807, 2.05) is 30.3 Å². The fraction of sp³-hybridized carbons (Fsp3) is 0.231. The summed E-state index contributed by atoms with van der Waals surface area (Å²) >= 11 is 0. The monoisotopic (exact) mass is 199 g/mol. The van der Waals surface area contributed by atoms with Crippen molar-refractivity contribution >= 4 is 0 Å². The highest BCUT2D eigenvalue weighted by atomic mass is 16.3. The van der Waals surface area contributed by atoms with Gasteiger partial charge in [0, 0.05) is 17.5 Å². The van der Waals surface area contributed by atoms with Crippen LogP contribution in [0.25, 0.3) is 11.3 Å². The number of hydrogen-bond acceptors (Lipinski definition) is 2. The van der Waals surface area contributed by atoms with Gasteiger partial charge < -0.3 is 10.2 Å². The average Bonchev–Trinajstić information content (AvgIpc) is 2.83. The van der Waals surface area contributed by atoms with Crippen molar-refractivity contribution in [3.8, 4) is 11.3 Å². The second-order valence-electron chi connectivity index (χ2n) is 4.07. The van der Waals surface area contributed by atoms with Crippen molar-refractivity contribution in [1.29, 1.82) is 0 Å². The van der Waals surface area contributed by atoms with Gasteiger partial charge in [-0.05, 0) is 18.6 Å². The smallest absolute Gasteiger partial charge is 0.134 e. The van der Waals surface area contributed by atoms with Crippen LogP contribution < -0.4 is 5.73 Å². The Morgan fingerprint density at radius 1 is 1.07 bits per heavy atom. The van der Waals surface area contributed by atoms with Gasteiger partial charge >= 0.3 is 0 Å². The van der Waals surface area contributed by atoms with E-state index in [0.717, 1.165) is 23.5 Å². The molecule has 1 saturated carbocycles. The fourth-order valence-corrected chi connectivity index (χ4v) is 1.85. The highest BCUT2D eigenvalue weighted by Gasteiger charge is 2.37. The van der Waals surface area contributed by atoms with Gasteiger partial charge in [-0.15, -0.1) is 0 Å². The van der Waals surface area contributed by atoms with Crippen molar-refractivity contribution in [3.63, 3.8) is 0 Å². The molecule has 0 radical (unpaired) electrons. The average molecular weight is 199 g/mol. The van der Waals surface area contributed by atoms with Gasteiger partial charge in [0.05, 0.1) is 0 Å². The van der Waals surface area contributed by atoms with E-state index in [4.69, 9.17) is 10.2 Å². The lowest BCUT2D eigenvalue weighted by molar-refractivity contribution is 0.522. The lowest BCUT2D eigenvalue weighted by atomic mass is 10.2. The second-order valence-corrected chi connectivity index (χ2v) is 4.07. The highest BCUT2D eigenvalue weighted by molar-refractivity contribution is 5.57. The molecule has 2 nitrogen and oxygen atoms in total. The van der Waals surface area contributed by atoms with Crippen LogP contribution in [0.15, 0.2) is 46.9 Å². The molecular formula is C13H13NO. The lowest BCUT2D eigenvalue weighted by Gasteiger charge is -1.95. The van der Waals surface area contributed by atoms with E-state index >= 15 is 0 Å². The Hall–Kier alpha value is -1.54. The molecule has 2 aromatic rings. The Balaban J connectivity index is 1.91. The van der Waals surface area contributed by atoms with E-state index in [-0.39, 0.29) is 0 Å². The molecule has 1 aromatic carbocycles. The van der Waals surface area contributed by atoms with Crippen LogP contribution >= 0.6 is 0 Å². The van der Waals surface area contributed by atoms with Crippen LogP contribution in [0.3, 0.4) is 0 Å². The molecule has 0 aliphatic heterocycles. The van der Waals surface area contributed by atoms with E-state index in [0.29, 0.717) is 12.0 Å². The van der Waals surface area contributed by atoms with E-state index in [2.05, 4.69) is 12.1 Å². The number of nitrogens with two attached hydrogens (primary N) is 1. The molecule has 15 heavy (non-hydrogen) atoms. The Labute approximate surface area is 88.7 Å². The molecule has 76 valence electrons. The minimum Gasteiger partial charge on any atom is -0.461 e. The zero-order valence-corrected chi connectivity index (χ0v) is 8.39. The van der Waals surface area contributed by atoms with Gasteiger partial charge in [0.2, 0.25) is 0 Å². The van der Waals surface area contributed by atoms with Crippen LogP contribution in [-0.4, -0.2) is 6.04 Å². The largest absolute Gasteiger partial charge is 0.461 e. The topological polar surface area (TPSA) is 39.2 Å². The summed E-state index contributed by atoms with van der Waals surface area (Å²) < 4.78 is 5.78. The van der Waals surface area contributed by atoms with Crippen LogP contribution in [0.2, 0.25) is 0 Å². The lowest BCUT2D eigenvalue weighted by Crippen LogP contribution is -2.00. The van der Waals surface area contributed by atoms with Gasteiger partial charge in [-0.1, -0.05) is 30.3 Å². The molecule has 1 aromatic heterocycles. The van der Waals surface area contributed by atoms with Gasteiger partial charge in [-0.25, -0.2) is 0 Å². The van der Waals surface area contributed by atoms with Crippen LogP contribution in [-0.2, 0) is 0 Å². The summed E-state index contributed by atoms with van der Waals surface area (Å²) in [6, 6.07) is 14.5. The van der Waals surface area contributed by atoms with E-state index < -0.39 is 0 Å². The standard InChI is InChI=1S/C13H13NO/c14-11-8-10(11)13-7-6-12(15-13)9-4-2-1-3-5-9/h1-7,10-11H,8,14H2/t10-,11+/m0/s1. The maximum absolute atomic E-state index is 5.79. The zero-order chi connectivity index (χ0) is 10.3. The summed E-state index contributed by atoms with van der Waals surface area (Å²) in [6.07, 6.45) is 1.06. The summed E-state index contributed by atoms with van der Waals surface area (Å²) in [4.78, 5) is 0. The summed E-state index contributed by atoms with van der Waals surface area (Å²) in [5, 5.41) is 0. The number of hydrogen-bond donors (Lipinski definition) is 1. The predicted molar refractivity (Wildman–Crippen MR) is 59.5 cm³/mol. The van der Waals surface area contributed by atoms with E-state index in [1.54, 1.807) is 0 Å². The molecule has 2 heteroatoms. The van der Waals surface area contributed by atoms with E-state index in [1.165, 1.54) is 0 Å². The van der Waals surface area contributed by atoms with Crippen molar-refractivity contribution in [3.05, 3.63) is 48.2 Å². The van der Waals surface area contributed by atoms with Gasteiger partial charge in [0.25, 0.3) is 0 Å². The minimum absolute atomic E-state index is 0.305. The molecular weight excluding hydrogens is 186 g/mol. The first-order chi connectivity index (χ1) is 7.34. The Morgan fingerprint density at radius 3 is 2.47 bits per heavy atom. The first-order valence-corrected chi connectivity index (χ1v) is 5.25. The van der Waals surface area contributed by atoms with Crippen LogP contribution in [0.1, 0.15) is 18.1 Å². The summed E-state index contributed by atoms with van der Waals surface area (Å²) in [5.74, 6) is 2.41.